The number of piperidine rings is 1. The third-order valence-corrected chi connectivity index (χ3v) is 3.83. The number of carbonyl (C=O) groups excluding carboxylic acids is 2. The average molecular weight is 286 g/mol. The molecule has 0 spiro atoms. The van der Waals surface area contributed by atoms with Crippen LogP contribution in [0.25, 0.3) is 10.9 Å². The molecule has 110 valence electrons. The zero-order valence-corrected chi connectivity index (χ0v) is 12.1. The van der Waals surface area contributed by atoms with Crippen LogP contribution in [-0.2, 0) is 16.6 Å². The maximum absolute atomic E-state index is 12.1. The number of nitrogens with one attached hydrogen (secondary N) is 2. The number of fused-ring (bicyclic) bond motifs is 1. The zero-order chi connectivity index (χ0) is 15.0. The molecule has 6 heteroatoms. The number of nitrogens with zero attached hydrogens (tertiary/aromatic N) is 2. The van der Waals surface area contributed by atoms with Crippen molar-refractivity contribution >= 4 is 28.4 Å². The van der Waals surface area contributed by atoms with Crippen molar-refractivity contribution < 1.29 is 9.59 Å². The Morgan fingerprint density at radius 1 is 1.43 bits per heavy atom. The van der Waals surface area contributed by atoms with E-state index in [1.54, 1.807) is 4.68 Å². The van der Waals surface area contributed by atoms with E-state index in [-0.39, 0.29) is 17.7 Å². The van der Waals surface area contributed by atoms with Crippen molar-refractivity contribution in [2.45, 2.75) is 25.7 Å². The molecule has 6 nitrogen and oxygen atoms in total. The number of hydrogen-bond acceptors (Lipinski definition) is 4. The molecule has 1 aliphatic heterocycles. The standard InChI is InChI=1S/C15H18N4O2/c1-3-16-11-6-4-5-9-13(18-19(2)14(9)11)10-7-8-12(20)17-15(10)21/h4-6,10,16H,3,7-8H2,1-2H3,(H,17,20,21). The topological polar surface area (TPSA) is 76.0 Å². The molecule has 0 radical (unpaired) electrons. The van der Waals surface area contributed by atoms with Crippen molar-refractivity contribution in [3.63, 3.8) is 0 Å². The van der Waals surface area contributed by atoms with Gasteiger partial charge in [-0.3, -0.25) is 19.6 Å². The Morgan fingerprint density at radius 2 is 2.24 bits per heavy atom. The van der Waals surface area contributed by atoms with Gasteiger partial charge in [-0.1, -0.05) is 12.1 Å². The van der Waals surface area contributed by atoms with Crippen LogP contribution in [0.15, 0.2) is 18.2 Å². The van der Waals surface area contributed by atoms with Crippen LogP contribution < -0.4 is 10.6 Å². The fourth-order valence-corrected chi connectivity index (χ4v) is 2.91. The van der Waals surface area contributed by atoms with Crippen molar-refractivity contribution in [3.05, 3.63) is 23.9 Å². The molecule has 1 aromatic carbocycles. The summed E-state index contributed by atoms with van der Waals surface area (Å²) < 4.78 is 1.80. The second-order valence-electron chi connectivity index (χ2n) is 5.24. The molecule has 2 N–H and O–H groups in total. The highest BCUT2D eigenvalue weighted by atomic mass is 16.2. The predicted octanol–water partition coefficient (Wildman–Crippen LogP) is 1.53. The van der Waals surface area contributed by atoms with Gasteiger partial charge in [0.2, 0.25) is 11.8 Å². The van der Waals surface area contributed by atoms with E-state index >= 15 is 0 Å². The number of hydrogen-bond donors (Lipinski definition) is 2. The molecule has 2 aromatic rings. The number of amides is 2. The molecule has 1 fully saturated rings. The summed E-state index contributed by atoms with van der Waals surface area (Å²) in [4.78, 5) is 23.4. The predicted molar refractivity (Wildman–Crippen MR) is 80.0 cm³/mol. The Kier molecular flexibility index (Phi) is 3.37. The van der Waals surface area contributed by atoms with E-state index in [4.69, 9.17) is 0 Å². The highest BCUT2D eigenvalue weighted by Crippen LogP contribution is 2.33. The number of imide groups is 1. The summed E-state index contributed by atoms with van der Waals surface area (Å²) in [6.07, 6.45) is 0.879. The lowest BCUT2D eigenvalue weighted by Crippen LogP contribution is -2.39. The van der Waals surface area contributed by atoms with Crippen molar-refractivity contribution in [2.24, 2.45) is 7.05 Å². The number of carbonyl (C=O) groups is 2. The normalized spacial score (nSPS) is 18.9. The van der Waals surface area contributed by atoms with Crippen molar-refractivity contribution in [1.82, 2.24) is 15.1 Å². The summed E-state index contributed by atoms with van der Waals surface area (Å²) in [5.41, 5.74) is 2.74. The van der Waals surface area contributed by atoms with Crippen LogP contribution in [0.2, 0.25) is 0 Å². The van der Waals surface area contributed by atoms with Gasteiger partial charge in [0.15, 0.2) is 0 Å². The summed E-state index contributed by atoms with van der Waals surface area (Å²) in [6, 6.07) is 5.93. The van der Waals surface area contributed by atoms with Gasteiger partial charge in [0, 0.05) is 25.4 Å². The molecule has 1 saturated heterocycles. The van der Waals surface area contributed by atoms with Crippen molar-refractivity contribution in [2.75, 3.05) is 11.9 Å². The quantitative estimate of drug-likeness (QED) is 0.839. The Hall–Kier alpha value is -2.37. The fourth-order valence-electron chi connectivity index (χ4n) is 2.91. The molecular weight excluding hydrogens is 268 g/mol. The van der Waals surface area contributed by atoms with Crippen LogP contribution in [-0.4, -0.2) is 28.1 Å². The Morgan fingerprint density at radius 3 is 2.95 bits per heavy atom. The Labute approximate surface area is 122 Å². The molecule has 2 amide bonds. The molecule has 0 aliphatic carbocycles. The van der Waals surface area contributed by atoms with Crippen LogP contribution in [0, 0.1) is 0 Å². The minimum Gasteiger partial charge on any atom is -0.384 e. The molecule has 2 heterocycles. The molecule has 21 heavy (non-hydrogen) atoms. The average Bonchev–Trinajstić information content (AvgIpc) is 2.78. The molecule has 3 rings (SSSR count). The van der Waals surface area contributed by atoms with Gasteiger partial charge < -0.3 is 5.32 Å². The molecule has 0 bridgehead atoms. The van der Waals surface area contributed by atoms with E-state index in [2.05, 4.69) is 15.7 Å². The summed E-state index contributed by atoms with van der Waals surface area (Å²) >= 11 is 0. The molecule has 1 atom stereocenters. The highest BCUT2D eigenvalue weighted by molar-refractivity contribution is 6.03. The highest BCUT2D eigenvalue weighted by Gasteiger charge is 2.31. The summed E-state index contributed by atoms with van der Waals surface area (Å²) in [5.74, 6) is -0.812. The van der Waals surface area contributed by atoms with E-state index in [9.17, 15) is 9.59 Å². The van der Waals surface area contributed by atoms with Crippen molar-refractivity contribution in [3.8, 4) is 0 Å². The molecular formula is C15H18N4O2. The summed E-state index contributed by atoms with van der Waals surface area (Å²) in [6.45, 7) is 2.86. The lowest BCUT2D eigenvalue weighted by atomic mass is 9.92. The smallest absolute Gasteiger partial charge is 0.235 e. The minimum absolute atomic E-state index is 0.204. The van der Waals surface area contributed by atoms with Crippen LogP contribution in [0.5, 0.6) is 0 Å². The zero-order valence-electron chi connectivity index (χ0n) is 12.1. The molecule has 1 aromatic heterocycles. The van der Waals surface area contributed by atoms with E-state index in [0.717, 1.165) is 28.8 Å². The largest absolute Gasteiger partial charge is 0.384 e. The molecule has 0 saturated carbocycles. The van der Waals surface area contributed by atoms with Gasteiger partial charge in [0.05, 0.1) is 22.8 Å². The first-order valence-electron chi connectivity index (χ1n) is 7.15. The number of aromatic nitrogens is 2. The van der Waals surface area contributed by atoms with E-state index in [0.29, 0.717) is 12.8 Å². The van der Waals surface area contributed by atoms with Gasteiger partial charge in [-0.15, -0.1) is 0 Å². The van der Waals surface area contributed by atoms with Crippen LogP contribution in [0.3, 0.4) is 0 Å². The number of benzene rings is 1. The number of anilines is 1. The van der Waals surface area contributed by atoms with E-state index in [1.165, 1.54) is 0 Å². The maximum Gasteiger partial charge on any atom is 0.235 e. The van der Waals surface area contributed by atoms with Crippen LogP contribution in [0.4, 0.5) is 5.69 Å². The second-order valence-corrected chi connectivity index (χ2v) is 5.24. The van der Waals surface area contributed by atoms with Gasteiger partial charge in [0.1, 0.15) is 0 Å². The van der Waals surface area contributed by atoms with E-state index < -0.39 is 0 Å². The summed E-state index contributed by atoms with van der Waals surface area (Å²) in [7, 11) is 1.87. The first kappa shape index (κ1) is 13.6. The third kappa shape index (κ3) is 2.26. The third-order valence-electron chi connectivity index (χ3n) is 3.83. The summed E-state index contributed by atoms with van der Waals surface area (Å²) in [5, 5.41) is 11.2. The van der Waals surface area contributed by atoms with Crippen LogP contribution >= 0.6 is 0 Å². The lowest BCUT2D eigenvalue weighted by molar-refractivity contribution is -0.134. The first-order chi connectivity index (χ1) is 10.1. The maximum atomic E-state index is 12.1. The molecule has 1 aliphatic rings. The van der Waals surface area contributed by atoms with E-state index in [1.807, 2.05) is 32.2 Å². The van der Waals surface area contributed by atoms with Gasteiger partial charge in [-0.2, -0.15) is 5.10 Å². The SMILES string of the molecule is CCNc1cccc2c(C3CCC(=O)NC3=O)nn(C)c12. The Bertz CT molecular complexity index is 720. The fraction of sp³-hybridized carbons (Fsp3) is 0.400. The molecule has 1 unspecified atom stereocenters. The van der Waals surface area contributed by atoms with Gasteiger partial charge in [0.25, 0.3) is 0 Å². The van der Waals surface area contributed by atoms with Crippen molar-refractivity contribution in [1.29, 1.82) is 0 Å². The number of para-hydroxylation sites is 1. The number of aryl methyl sites for hydroxylation is 1. The monoisotopic (exact) mass is 286 g/mol. The number of rotatable bonds is 3. The van der Waals surface area contributed by atoms with Gasteiger partial charge in [-0.05, 0) is 19.4 Å². The lowest BCUT2D eigenvalue weighted by Gasteiger charge is -2.19. The first-order valence-corrected chi connectivity index (χ1v) is 7.15. The Balaban J connectivity index is 2.10. The minimum atomic E-state index is -0.358. The second kappa shape index (κ2) is 5.20. The van der Waals surface area contributed by atoms with Crippen LogP contribution in [0.1, 0.15) is 31.4 Å². The van der Waals surface area contributed by atoms with Gasteiger partial charge in [-0.25, -0.2) is 0 Å². The van der Waals surface area contributed by atoms with Gasteiger partial charge >= 0.3 is 0 Å².